The van der Waals surface area contributed by atoms with Crippen molar-refractivity contribution in [3.05, 3.63) is 215 Å². The van der Waals surface area contributed by atoms with Crippen molar-refractivity contribution in [3.8, 4) is 0 Å². The largest absolute Gasteiger partial charge is 0.263 e. The normalized spacial score (nSPS) is 11.7. The summed E-state index contributed by atoms with van der Waals surface area (Å²) in [7, 11) is -7.73. The number of benzene rings is 8. The van der Waals surface area contributed by atoms with Crippen LogP contribution in [0, 0.1) is 0 Å². The summed E-state index contributed by atoms with van der Waals surface area (Å²) in [6, 6.07) is 55.2. The summed E-state index contributed by atoms with van der Waals surface area (Å²) in [6.45, 7) is 0. The molecule has 2 N–H and O–H groups in total. The molecule has 0 aliphatic rings. The Labute approximate surface area is 379 Å². The molecular formula is C50H36Cl2N6O4S2. The average Bonchev–Trinajstić information content (AvgIpc) is 3.30. The minimum atomic E-state index is -3.87. The Kier molecular flexibility index (Phi) is 11.9. The van der Waals surface area contributed by atoms with Crippen LogP contribution in [0.2, 0.25) is 10.0 Å². The van der Waals surface area contributed by atoms with E-state index >= 15 is 0 Å². The van der Waals surface area contributed by atoms with Gasteiger partial charge in [-0.05, 0) is 105 Å². The third-order valence-electron chi connectivity index (χ3n) is 10.4. The van der Waals surface area contributed by atoms with Gasteiger partial charge < -0.3 is 0 Å². The number of nitrogens with zero attached hydrogens (tertiary/aromatic N) is 4. The van der Waals surface area contributed by atoms with Gasteiger partial charge in [-0.25, -0.2) is 36.8 Å². The molecule has 0 unspecified atom stereocenters. The van der Waals surface area contributed by atoms with Gasteiger partial charge in [0, 0.05) is 22.9 Å². The number of hydrogen-bond donors (Lipinski definition) is 2. The predicted octanol–water partition coefficient (Wildman–Crippen LogP) is 11.7. The van der Waals surface area contributed by atoms with Gasteiger partial charge in [0.1, 0.15) is 0 Å². The molecule has 10 nitrogen and oxygen atoms in total. The number of aromatic nitrogens is 4. The minimum Gasteiger partial charge on any atom is -0.262 e. The van der Waals surface area contributed by atoms with Gasteiger partial charge in [0.2, 0.25) is 0 Å². The molecule has 0 saturated carbocycles. The molecule has 2 heterocycles. The quantitative estimate of drug-likeness (QED) is 0.138. The highest BCUT2D eigenvalue weighted by molar-refractivity contribution is 7.93. The van der Waals surface area contributed by atoms with Crippen LogP contribution in [0.25, 0.3) is 43.6 Å². The maximum atomic E-state index is 13.0. The highest BCUT2D eigenvalue weighted by atomic mass is 35.5. The van der Waals surface area contributed by atoms with E-state index in [2.05, 4.69) is 61.9 Å². The Morgan fingerprint density at radius 1 is 0.406 bits per heavy atom. The van der Waals surface area contributed by atoms with E-state index in [-0.39, 0.29) is 21.4 Å². The number of rotatable bonds is 10. The summed E-state index contributed by atoms with van der Waals surface area (Å²) < 4.78 is 57.4. The number of anilines is 2. The monoisotopic (exact) mass is 918 g/mol. The van der Waals surface area contributed by atoms with E-state index in [9.17, 15) is 16.8 Å². The molecule has 2 aromatic heterocycles. The molecule has 0 bridgehead atoms. The topological polar surface area (TPSA) is 144 Å². The van der Waals surface area contributed by atoms with Crippen molar-refractivity contribution in [2.45, 2.75) is 22.6 Å². The summed E-state index contributed by atoms with van der Waals surface area (Å²) >= 11 is 11.8. The lowest BCUT2D eigenvalue weighted by molar-refractivity contribution is 0.599. The molecule has 10 rings (SSSR count). The summed E-state index contributed by atoms with van der Waals surface area (Å²) in [6.07, 6.45) is 0.860. The minimum absolute atomic E-state index is 0.105. The van der Waals surface area contributed by atoms with Crippen LogP contribution in [-0.4, -0.2) is 36.8 Å². The van der Waals surface area contributed by atoms with E-state index in [0.717, 1.165) is 32.7 Å². The maximum absolute atomic E-state index is 13.0. The van der Waals surface area contributed by atoms with Crippen molar-refractivity contribution in [2.24, 2.45) is 0 Å². The number of fused-ring (bicyclic) bond motifs is 4. The fraction of sp³-hybridized carbons (Fsp3) is 0.0400. The first-order chi connectivity index (χ1) is 31.0. The number of nitrogens with one attached hydrogen (secondary N) is 2. The summed E-state index contributed by atoms with van der Waals surface area (Å²) in [5.74, 6) is 0.429. The second-order valence-electron chi connectivity index (χ2n) is 14.8. The van der Waals surface area contributed by atoms with E-state index in [1.807, 2.05) is 91.0 Å². The molecular weight excluding hydrogens is 884 g/mol. The Hall–Kier alpha value is -6.96. The van der Waals surface area contributed by atoms with Crippen molar-refractivity contribution in [1.82, 2.24) is 19.9 Å². The van der Waals surface area contributed by atoms with Crippen molar-refractivity contribution in [1.29, 1.82) is 0 Å². The number of hydrogen-bond acceptors (Lipinski definition) is 8. The summed E-state index contributed by atoms with van der Waals surface area (Å²) in [5, 5.41) is 5.39. The number of halogens is 2. The van der Waals surface area contributed by atoms with Crippen LogP contribution in [-0.2, 0) is 32.9 Å². The lowest BCUT2D eigenvalue weighted by Crippen LogP contribution is -2.16. The Morgan fingerprint density at radius 3 is 1.39 bits per heavy atom. The standard InChI is InChI=1S/2C25H18ClN3O2S/c26-19-12-14-20(15-13-19)32(30,31)29-25-24(27-22-10-3-4-11-23(22)28-25)16-18-8-5-7-17-6-1-2-9-21(17)18;26-20-11-13-21(14-12-20)32(30,31)29-25-24(27-22-7-3-4-8-23(22)28-25)16-17-9-10-18-5-1-2-6-19(18)15-17/h2*1-15H,16H2,(H,28,29). The molecule has 8 aromatic carbocycles. The van der Waals surface area contributed by atoms with Gasteiger partial charge in [-0.2, -0.15) is 0 Å². The number of para-hydroxylation sites is 4. The molecule has 0 aliphatic heterocycles. The third kappa shape index (κ3) is 9.51. The van der Waals surface area contributed by atoms with Gasteiger partial charge in [-0.1, -0.05) is 132 Å². The van der Waals surface area contributed by atoms with E-state index in [4.69, 9.17) is 33.2 Å². The third-order valence-corrected chi connectivity index (χ3v) is 13.6. The summed E-state index contributed by atoms with van der Waals surface area (Å²) in [5.41, 5.74) is 5.80. The van der Waals surface area contributed by atoms with Crippen LogP contribution in [0.4, 0.5) is 11.6 Å². The van der Waals surface area contributed by atoms with Crippen LogP contribution >= 0.6 is 23.2 Å². The smallest absolute Gasteiger partial charge is 0.262 e. The molecule has 0 amide bonds. The van der Waals surface area contributed by atoms with Gasteiger partial charge in [0.15, 0.2) is 11.6 Å². The lowest BCUT2D eigenvalue weighted by atomic mass is 10.0. The highest BCUT2D eigenvalue weighted by Crippen LogP contribution is 2.28. The molecule has 0 spiro atoms. The van der Waals surface area contributed by atoms with Crippen molar-refractivity contribution < 1.29 is 16.8 Å². The molecule has 0 atom stereocenters. The highest BCUT2D eigenvalue weighted by Gasteiger charge is 2.21. The molecule has 0 radical (unpaired) electrons. The second kappa shape index (κ2) is 18.0. The van der Waals surface area contributed by atoms with Gasteiger partial charge in [0.25, 0.3) is 20.0 Å². The average molecular weight is 920 g/mol. The molecule has 316 valence electrons. The van der Waals surface area contributed by atoms with E-state index < -0.39 is 20.0 Å². The van der Waals surface area contributed by atoms with Gasteiger partial charge in [-0.3, -0.25) is 9.44 Å². The molecule has 14 heteroatoms. The second-order valence-corrected chi connectivity index (χ2v) is 19.0. The van der Waals surface area contributed by atoms with E-state index in [1.165, 1.54) is 36.4 Å². The van der Waals surface area contributed by atoms with Gasteiger partial charge >= 0.3 is 0 Å². The van der Waals surface area contributed by atoms with Crippen LogP contribution in [0.1, 0.15) is 22.5 Å². The van der Waals surface area contributed by atoms with E-state index in [1.54, 1.807) is 12.1 Å². The van der Waals surface area contributed by atoms with Crippen LogP contribution < -0.4 is 9.44 Å². The fourth-order valence-electron chi connectivity index (χ4n) is 7.25. The fourth-order valence-corrected chi connectivity index (χ4v) is 9.56. The molecule has 64 heavy (non-hydrogen) atoms. The SMILES string of the molecule is O=S(=O)(Nc1nc2ccccc2nc1Cc1ccc2ccccc2c1)c1ccc(Cl)cc1.O=S(=O)(Nc1nc2ccccc2nc1Cc1cccc2ccccc12)c1ccc(Cl)cc1. The van der Waals surface area contributed by atoms with Gasteiger partial charge in [-0.15, -0.1) is 0 Å². The zero-order valence-electron chi connectivity index (χ0n) is 33.7. The summed E-state index contributed by atoms with van der Waals surface area (Å²) in [4.78, 5) is 18.9. The van der Waals surface area contributed by atoms with Crippen LogP contribution in [0.15, 0.2) is 192 Å². The first kappa shape index (κ1) is 42.3. The van der Waals surface area contributed by atoms with Crippen LogP contribution in [0.3, 0.4) is 0 Å². The lowest BCUT2D eigenvalue weighted by Gasteiger charge is -2.14. The van der Waals surface area contributed by atoms with Crippen LogP contribution in [0.5, 0.6) is 0 Å². The van der Waals surface area contributed by atoms with E-state index in [0.29, 0.717) is 56.3 Å². The van der Waals surface area contributed by atoms with Crippen molar-refractivity contribution in [2.75, 3.05) is 9.44 Å². The first-order valence-corrected chi connectivity index (χ1v) is 23.7. The molecule has 0 fully saturated rings. The Balaban J connectivity index is 0.000000162. The Morgan fingerprint density at radius 2 is 0.844 bits per heavy atom. The Bertz CT molecular complexity index is 3570. The van der Waals surface area contributed by atoms with Crippen molar-refractivity contribution in [3.63, 3.8) is 0 Å². The predicted molar refractivity (Wildman–Crippen MR) is 257 cm³/mol. The molecule has 0 saturated heterocycles. The maximum Gasteiger partial charge on any atom is 0.263 e. The van der Waals surface area contributed by atoms with Gasteiger partial charge in [0.05, 0.1) is 43.2 Å². The molecule has 10 aromatic rings. The number of sulfonamides is 2. The first-order valence-electron chi connectivity index (χ1n) is 20.0. The zero-order chi connectivity index (χ0) is 44.3. The molecule has 0 aliphatic carbocycles. The van der Waals surface area contributed by atoms with Crippen molar-refractivity contribution >= 4 is 98.5 Å². The zero-order valence-corrected chi connectivity index (χ0v) is 36.9.